The van der Waals surface area contributed by atoms with Crippen LogP contribution in [0.3, 0.4) is 0 Å². The largest absolute Gasteiger partial charge is 0.394 e. The highest BCUT2D eigenvalue weighted by molar-refractivity contribution is 5.31. The zero-order valence-corrected chi connectivity index (χ0v) is 50.5. The van der Waals surface area contributed by atoms with E-state index in [-0.39, 0.29) is 41.4 Å². The molecule has 6 heterocycles. The SMILES string of the molecule is CC(C)(O)C1CCC(C2CCC3(C)C4CC=C5C(CCC(OC6OC(CO)C(OC7OC(CO)C(O)C(O)C7O)C(O)C6O)C5(C)C)C4(C)CCC23C)OC2C(O)C(CO)OC(OC3C(OC(COC4OC(CO)C(O)C(O)C4O)C(O)C3O)O1)C2O. The molecule has 10 rings (SSSR count). The minimum absolute atomic E-state index is 0.101. The monoisotopic (exact) mass is 1250 g/mol. The second kappa shape index (κ2) is 26.1. The van der Waals surface area contributed by atoms with Gasteiger partial charge in [-0.1, -0.05) is 46.3 Å². The van der Waals surface area contributed by atoms with Crippen LogP contribution in [0.1, 0.15) is 106 Å². The molecule has 28 heteroatoms. The topological polar surface area (TPSA) is 445 Å². The van der Waals surface area contributed by atoms with E-state index in [1.165, 1.54) is 19.4 Å². The van der Waals surface area contributed by atoms with Gasteiger partial charge in [-0.2, -0.15) is 0 Å². The predicted octanol–water partition coefficient (Wildman–Crippen LogP) is -4.61. The van der Waals surface area contributed by atoms with Gasteiger partial charge in [0.05, 0.1) is 56.9 Å². The Bertz CT molecular complexity index is 2320. The number of rotatable bonds is 13. The molecule has 10 aliphatic rings. The van der Waals surface area contributed by atoms with Crippen LogP contribution >= 0.6 is 0 Å². The van der Waals surface area contributed by atoms with Crippen molar-refractivity contribution in [2.75, 3.05) is 33.0 Å². The zero-order valence-electron chi connectivity index (χ0n) is 50.5. The van der Waals surface area contributed by atoms with E-state index < -0.39 is 221 Å². The molecule has 87 heavy (non-hydrogen) atoms. The number of aliphatic hydroxyl groups excluding tert-OH is 16. The van der Waals surface area contributed by atoms with E-state index in [4.69, 9.17) is 52.1 Å². The van der Waals surface area contributed by atoms with Crippen molar-refractivity contribution in [3.8, 4) is 0 Å². The van der Waals surface area contributed by atoms with E-state index in [0.717, 1.165) is 19.3 Å². The third-order valence-electron chi connectivity index (χ3n) is 22.7. The maximum atomic E-state index is 12.2. The van der Waals surface area contributed by atoms with Gasteiger partial charge in [0.15, 0.2) is 31.5 Å². The first-order valence-corrected chi connectivity index (χ1v) is 31.1. The van der Waals surface area contributed by atoms with Crippen molar-refractivity contribution in [3.05, 3.63) is 11.6 Å². The van der Waals surface area contributed by atoms with Crippen LogP contribution in [0.4, 0.5) is 0 Å². The molecular weight excluding hydrogens is 1160 g/mol. The quantitative estimate of drug-likeness (QED) is 0.0772. The molecule has 28 nitrogen and oxygen atoms in total. The van der Waals surface area contributed by atoms with Gasteiger partial charge in [0.25, 0.3) is 0 Å². The Morgan fingerprint density at radius 2 is 1.05 bits per heavy atom. The molecule has 0 spiro atoms. The van der Waals surface area contributed by atoms with Gasteiger partial charge in [-0.3, -0.25) is 0 Å². The van der Waals surface area contributed by atoms with E-state index in [0.29, 0.717) is 25.7 Å². The van der Waals surface area contributed by atoms with Crippen LogP contribution in [-0.2, 0) is 52.1 Å². The van der Waals surface area contributed by atoms with Gasteiger partial charge in [-0.15, -0.1) is 0 Å². The lowest BCUT2D eigenvalue weighted by molar-refractivity contribution is -0.386. The smallest absolute Gasteiger partial charge is 0.187 e. The summed E-state index contributed by atoms with van der Waals surface area (Å²) < 4.78 is 67.3. The molecule has 0 amide bonds. The fourth-order valence-electron chi connectivity index (χ4n) is 17.2. The summed E-state index contributed by atoms with van der Waals surface area (Å²) in [5, 5.41) is 185. The average molecular weight is 1260 g/mol. The normalized spacial score (nSPS) is 54.0. The van der Waals surface area contributed by atoms with Gasteiger partial charge in [-0.05, 0) is 106 Å². The molecule has 6 saturated heterocycles. The van der Waals surface area contributed by atoms with Crippen LogP contribution in [-0.4, -0.2) is 297 Å². The lowest BCUT2D eigenvalue weighted by Gasteiger charge is -2.66. The Balaban J connectivity index is 0.867. The second-order valence-corrected chi connectivity index (χ2v) is 28.3. The third kappa shape index (κ3) is 12.1. The van der Waals surface area contributed by atoms with Gasteiger partial charge in [0.2, 0.25) is 0 Å². The highest BCUT2D eigenvalue weighted by atomic mass is 16.8. The molecule has 0 aromatic heterocycles. The van der Waals surface area contributed by atoms with E-state index in [2.05, 4.69) is 40.7 Å². The Kier molecular flexibility index (Phi) is 20.5. The van der Waals surface area contributed by atoms with Gasteiger partial charge in [0, 0.05) is 5.41 Å². The highest BCUT2D eigenvalue weighted by Crippen LogP contribution is 2.75. The Hall–Kier alpha value is -1.38. The predicted molar refractivity (Wildman–Crippen MR) is 292 cm³/mol. The molecule has 0 aromatic carbocycles. The second-order valence-electron chi connectivity index (χ2n) is 28.3. The van der Waals surface area contributed by atoms with Crippen molar-refractivity contribution in [3.63, 3.8) is 0 Å². The van der Waals surface area contributed by atoms with Crippen molar-refractivity contribution in [2.24, 2.45) is 39.4 Å². The fraction of sp³-hybridized carbons (Fsp3) is 0.966. The van der Waals surface area contributed by atoms with Gasteiger partial charge in [0.1, 0.15) is 122 Å². The van der Waals surface area contributed by atoms with Gasteiger partial charge < -0.3 is 139 Å². The molecule has 34 unspecified atom stereocenters. The van der Waals surface area contributed by atoms with Crippen LogP contribution in [0.25, 0.3) is 0 Å². The Morgan fingerprint density at radius 1 is 0.483 bits per heavy atom. The molecule has 17 N–H and O–H groups in total. The zero-order chi connectivity index (χ0) is 63.4. The van der Waals surface area contributed by atoms with E-state index >= 15 is 0 Å². The standard InChI is InChI=1S/C59H98O28/c1-55(2)23-8-11-32-57(5,24(23)9-12-33(55)84-51-45(74)42(71)47(30(21-63)82-51)86-52-44(73)40(69)36(65)28(19-61)80-52)16-17-58(6)25(14-15-59(32,58)7)26-10-13-34(56(3,4)76)85-54-49(87-53-46(75)48(78-26)38(67)29(20-62)81-53)41(70)37(66)31(83-54)22-77-50-43(72)39(68)35(64)27(18-60)79-50/h8,24-54,60-76H,9-22H2,1-7H3. The van der Waals surface area contributed by atoms with Crippen LogP contribution in [0.5, 0.6) is 0 Å². The summed E-state index contributed by atoms with van der Waals surface area (Å²) in [6, 6.07) is 0. The third-order valence-corrected chi connectivity index (χ3v) is 22.7. The lowest BCUT2D eigenvalue weighted by atomic mass is 9.39. The summed E-state index contributed by atoms with van der Waals surface area (Å²) in [7, 11) is 0. The number of fused-ring (bicyclic) bond motifs is 8. The van der Waals surface area contributed by atoms with E-state index in [9.17, 15) is 86.8 Å². The van der Waals surface area contributed by atoms with Crippen molar-refractivity contribution < 1.29 is 139 Å². The van der Waals surface area contributed by atoms with Crippen LogP contribution in [0.15, 0.2) is 11.6 Å². The molecule has 0 aromatic rings. The van der Waals surface area contributed by atoms with Crippen LogP contribution in [0, 0.1) is 39.4 Å². The molecule has 34 atom stereocenters. The molecule has 0 radical (unpaired) electrons. The minimum atomic E-state index is -1.87. The number of hydrogen-bond donors (Lipinski definition) is 17. The molecule has 3 saturated carbocycles. The molecule has 6 aliphatic heterocycles. The number of ether oxygens (including phenoxy) is 11. The maximum absolute atomic E-state index is 12.2. The first-order valence-electron chi connectivity index (χ1n) is 31.1. The summed E-state index contributed by atoms with van der Waals surface area (Å²) in [6.07, 6.45) is -34.9. The minimum Gasteiger partial charge on any atom is -0.394 e. The summed E-state index contributed by atoms with van der Waals surface area (Å²) in [6.45, 7) is 10.8. The average Bonchev–Trinajstić information content (AvgIpc) is 1.66. The summed E-state index contributed by atoms with van der Waals surface area (Å²) >= 11 is 0. The van der Waals surface area contributed by atoms with Crippen LogP contribution < -0.4 is 0 Å². The Labute approximate surface area is 505 Å². The Morgan fingerprint density at radius 3 is 1.68 bits per heavy atom. The maximum Gasteiger partial charge on any atom is 0.187 e. The number of aliphatic hydroxyl groups is 17. The number of hydrogen-bond acceptors (Lipinski definition) is 28. The summed E-state index contributed by atoms with van der Waals surface area (Å²) in [4.78, 5) is 0. The highest BCUT2D eigenvalue weighted by Gasteiger charge is 2.69. The molecule has 4 aliphatic carbocycles. The van der Waals surface area contributed by atoms with Crippen molar-refractivity contribution in [1.82, 2.24) is 0 Å². The number of allylic oxidation sites excluding steroid dienone is 1. The van der Waals surface area contributed by atoms with Gasteiger partial charge >= 0.3 is 0 Å². The van der Waals surface area contributed by atoms with Crippen molar-refractivity contribution in [1.29, 1.82) is 0 Å². The van der Waals surface area contributed by atoms with Crippen molar-refractivity contribution >= 4 is 0 Å². The first-order chi connectivity index (χ1) is 40.9. The first kappa shape index (κ1) is 68.5. The summed E-state index contributed by atoms with van der Waals surface area (Å²) in [5.41, 5.74) is -1.94. The van der Waals surface area contributed by atoms with Crippen molar-refractivity contribution in [2.45, 2.75) is 284 Å². The lowest BCUT2D eigenvalue weighted by Crippen LogP contribution is -2.66. The van der Waals surface area contributed by atoms with E-state index in [1.807, 2.05) is 0 Å². The molecule has 2 bridgehead atoms. The van der Waals surface area contributed by atoms with Gasteiger partial charge in [-0.25, -0.2) is 0 Å². The summed E-state index contributed by atoms with van der Waals surface area (Å²) in [5.74, 6) is 0.0800. The fourth-order valence-corrected chi connectivity index (χ4v) is 17.2. The molecule has 502 valence electrons. The van der Waals surface area contributed by atoms with E-state index in [1.54, 1.807) is 0 Å². The molecule has 9 fully saturated rings. The van der Waals surface area contributed by atoms with Crippen LogP contribution in [0.2, 0.25) is 0 Å². The molecular formula is C59H98O28.